The Morgan fingerprint density at radius 3 is 2.59 bits per heavy atom. The molecule has 0 bridgehead atoms. The van der Waals surface area contributed by atoms with Gasteiger partial charge in [0.05, 0.1) is 21.5 Å². The van der Waals surface area contributed by atoms with E-state index in [4.69, 9.17) is 0 Å². The molecule has 1 aromatic rings. The van der Waals surface area contributed by atoms with Crippen molar-refractivity contribution < 1.29 is 15.0 Å². The normalized spacial score (nSPS) is 37.7. The summed E-state index contributed by atoms with van der Waals surface area (Å²) in [6.45, 7) is 9.36. The van der Waals surface area contributed by atoms with Crippen LogP contribution in [0.3, 0.4) is 0 Å². The molecule has 9 nitrogen and oxygen atoms in total. The van der Waals surface area contributed by atoms with Crippen molar-refractivity contribution in [1.29, 1.82) is 0 Å². The van der Waals surface area contributed by atoms with E-state index < -0.39 is 21.1 Å². The lowest BCUT2D eigenvalue weighted by atomic mass is 9.54. The van der Waals surface area contributed by atoms with Gasteiger partial charge in [0, 0.05) is 23.6 Å². The summed E-state index contributed by atoms with van der Waals surface area (Å²) in [7, 11) is 0. The number of hydrogen-bond donors (Lipinski definition) is 2. The van der Waals surface area contributed by atoms with E-state index >= 15 is 0 Å². The van der Waals surface area contributed by atoms with E-state index in [9.17, 15) is 25.3 Å². The molecule has 5 rings (SSSR count). The maximum Gasteiger partial charge on any atom is 0.301 e. The van der Waals surface area contributed by atoms with Crippen LogP contribution in [-0.2, 0) is 0 Å². The van der Waals surface area contributed by atoms with Gasteiger partial charge in [-0.2, -0.15) is 5.10 Å². The molecule has 1 aromatic carbocycles. The van der Waals surface area contributed by atoms with Gasteiger partial charge in [0.15, 0.2) is 0 Å². The van der Waals surface area contributed by atoms with Crippen LogP contribution in [-0.4, -0.2) is 26.8 Å². The Labute approximate surface area is 243 Å². The Hall–Kier alpha value is -2.81. The molecule has 0 heterocycles. The smallest absolute Gasteiger partial charge is 0.301 e. The number of non-ortho nitro benzene ring substituents is 1. The van der Waals surface area contributed by atoms with Crippen molar-refractivity contribution >= 4 is 23.3 Å². The summed E-state index contributed by atoms with van der Waals surface area (Å²) in [5.41, 5.74) is 1.11. The van der Waals surface area contributed by atoms with E-state index in [2.05, 4.69) is 44.3 Å². The Morgan fingerprint density at radius 1 is 1.10 bits per heavy atom. The highest BCUT2D eigenvalue weighted by Gasteiger charge is 2.70. The zero-order chi connectivity index (χ0) is 29.6. The van der Waals surface area contributed by atoms with Crippen LogP contribution >= 0.6 is 0 Å². The van der Waals surface area contributed by atoms with Crippen LogP contribution in [0.5, 0.6) is 0 Å². The first-order chi connectivity index (χ1) is 19.4. The third-order valence-corrected chi connectivity index (χ3v) is 11.8. The van der Waals surface area contributed by atoms with Gasteiger partial charge in [0.25, 0.3) is 5.69 Å². The van der Waals surface area contributed by atoms with E-state index in [-0.39, 0.29) is 34.0 Å². The number of nitrogens with zero attached hydrogens (tertiary/aromatic N) is 3. The molecule has 4 unspecified atom stereocenters. The number of hydrazone groups is 1. The molecule has 2 N–H and O–H groups in total. The molecule has 0 saturated heterocycles. The molecule has 3 saturated carbocycles. The van der Waals surface area contributed by atoms with Crippen molar-refractivity contribution in [3.8, 4) is 0 Å². The number of rotatable bonds is 10. The van der Waals surface area contributed by atoms with Crippen LogP contribution in [0.25, 0.3) is 0 Å². The Morgan fingerprint density at radius 2 is 1.88 bits per heavy atom. The van der Waals surface area contributed by atoms with Gasteiger partial charge in [-0.3, -0.25) is 25.7 Å². The van der Waals surface area contributed by atoms with Gasteiger partial charge >= 0.3 is 5.69 Å². The van der Waals surface area contributed by atoms with Gasteiger partial charge in [-0.05, 0) is 86.0 Å². The standard InChI is InChI=1S/C32H46N4O5/c1-21(2)9-5-6-10-22-11-13-24-29-25(15-18-30(22,24)3)31(4)16-7-8-17-32(31,37)26(29)20-33-34-27-14-12-23(35(38)39)19-28(27)36(40)41/h8,12,14,17,19-22,24-26,29,34,37H,5-7,9-11,13,15-16,18H2,1-4H3/b33-20+/t22-,24?,25?,26?,29?,30+,31+,32+/m0/s1. The topological polar surface area (TPSA) is 131 Å². The van der Waals surface area contributed by atoms with E-state index in [0.29, 0.717) is 17.8 Å². The number of fused-ring (bicyclic) bond motifs is 5. The zero-order valence-electron chi connectivity index (χ0n) is 24.9. The Bertz CT molecular complexity index is 1230. The second kappa shape index (κ2) is 11.1. The maximum absolute atomic E-state index is 12.4. The molecular formula is C32H46N4O5. The number of nitro groups is 2. The van der Waals surface area contributed by atoms with E-state index in [1.165, 1.54) is 57.1 Å². The fourth-order valence-corrected chi connectivity index (χ4v) is 9.55. The molecule has 224 valence electrons. The average molecular weight is 567 g/mol. The Kier molecular flexibility index (Phi) is 8.05. The summed E-state index contributed by atoms with van der Waals surface area (Å²) < 4.78 is 0. The average Bonchev–Trinajstić information content (AvgIpc) is 3.35. The first-order valence-corrected chi connectivity index (χ1v) is 15.5. The molecule has 0 radical (unpaired) electrons. The Balaban J connectivity index is 1.43. The molecule has 8 atom stereocenters. The molecule has 41 heavy (non-hydrogen) atoms. The largest absolute Gasteiger partial charge is 0.385 e. The highest BCUT2D eigenvalue weighted by atomic mass is 16.6. The summed E-state index contributed by atoms with van der Waals surface area (Å²) in [6.07, 6.45) is 17.7. The van der Waals surface area contributed by atoms with Crippen LogP contribution in [0.2, 0.25) is 0 Å². The second-order valence-electron chi connectivity index (χ2n) is 14.1. The van der Waals surface area contributed by atoms with Crippen molar-refractivity contribution in [1.82, 2.24) is 0 Å². The number of allylic oxidation sites excluding steroid dienone is 1. The predicted molar refractivity (Wildman–Crippen MR) is 161 cm³/mol. The van der Waals surface area contributed by atoms with Crippen molar-refractivity contribution in [2.45, 2.75) is 97.5 Å². The quantitative estimate of drug-likeness (QED) is 0.0973. The van der Waals surface area contributed by atoms with Gasteiger partial charge in [-0.15, -0.1) is 0 Å². The minimum Gasteiger partial charge on any atom is -0.385 e. The van der Waals surface area contributed by atoms with Crippen molar-refractivity contribution in [3.63, 3.8) is 0 Å². The van der Waals surface area contributed by atoms with Crippen LogP contribution < -0.4 is 5.43 Å². The molecule has 0 amide bonds. The third-order valence-electron chi connectivity index (χ3n) is 11.8. The fraction of sp³-hybridized carbons (Fsp3) is 0.719. The molecule has 4 aliphatic rings. The minimum atomic E-state index is -1.03. The van der Waals surface area contributed by atoms with Gasteiger partial charge in [-0.25, -0.2) is 0 Å². The number of nitrogens with one attached hydrogen (secondary N) is 1. The second-order valence-corrected chi connectivity index (χ2v) is 14.1. The first-order valence-electron chi connectivity index (χ1n) is 15.5. The molecule has 0 aromatic heterocycles. The van der Waals surface area contributed by atoms with Crippen molar-refractivity contribution in [2.75, 3.05) is 5.43 Å². The van der Waals surface area contributed by atoms with Gasteiger partial charge in [0.2, 0.25) is 0 Å². The summed E-state index contributed by atoms with van der Waals surface area (Å²) in [5, 5.41) is 39.7. The van der Waals surface area contributed by atoms with Crippen molar-refractivity contribution in [3.05, 3.63) is 50.6 Å². The summed E-state index contributed by atoms with van der Waals surface area (Å²) in [4.78, 5) is 21.5. The van der Waals surface area contributed by atoms with Crippen LogP contribution in [0, 0.1) is 66.6 Å². The van der Waals surface area contributed by atoms with Crippen molar-refractivity contribution in [2.24, 2.45) is 51.4 Å². The highest BCUT2D eigenvalue weighted by Crippen LogP contribution is 2.71. The molecule has 4 aliphatic carbocycles. The minimum absolute atomic E-state index is 0.0937. The number of aliphatic hydroxyl groups is 1. The third kappa shape index (κ3) is 4.98. The van der Waals surface area contributed by atoms with E-state index in [1.807, 2.05) is 6.08 Å². The number of benzene rings is 1. The molecule has 9 heteroatoms. The number of anilines is 1. The van der Waals surface area contributed by atoms with E-state index in [0.717, 1.165) is 31.2 Å². The summed E-state index contributed by atoms with van der Waals surface area (Å²) in [5.74, 6) is 2.41. The molecule has 0 spiro atoms. The predicted octanol–water partition coefficient (Wildman–Crippen LogP) is 7.89. The van der Waals surface area contributed by atoms with Gasteiger partial charge < -0.3 is 5.11 Å². The molecule has 3 fully saturated rings. The first kappa shape index (κ1) is 29.7. The lowest BCUT2D eigenvalue weighted by Gasteiger charge is -2.50. The summed E-state index contributed by atoms with van der Waals surface area (Å²) in [6, 6.07) is 3.50. The van der Waals surface area contributed by atoms with Gasteiger partial charge in [-0.1, -0.05) is 59.1 Å². The number of unbranched alkanes of at least 4 members (excludes halogenated alkanes) is 1. The summed E-state index contributed by atoms with van der Waals surface area (Å²) >= 11 is 0. The van der Waals surface area contributed by atoms with Crippen LogP contribution in [0.15, 0.2) is 35.5 Å². The molecular weight excluding hydrogens is 520 g/mol. The van der Waals surface area contributed by atoms with Crippen LogP contribution in [0.1, 0.15) is 91.9 Å². The fourth-order valence-electron chi connectivity index (χ4n) is 9.55. The highest BCUT2D eigenvalue weighted by molar-refractivity contribution is 5.70. The SMILES string of the molecule is CC(C)CCCC[C@H]1CCC2C3C(/C=N/Nc4ccc([N+](=O)[O-])cc4[N+](=O)[O-])[C@]4(O)C=CCC[C@]4(C)C3CC[C@@]21C. The lowest BCUT2D eigenvalue weighted by molar-refractivity contribution is -0.393. The van der Waals surface area contributed by atoms with Gasteiger partial charge in [0.1, 0.15) is 5.69 Å². The lowest BCUT2D eigenvalue weighted by Crippen LogP contribution is -2.49. The van der Waals surface area contributed by atoms with E-state index in [1.54, 1.807) is 6.21 Å². The number of nitro benzene ring substituents is 2. The maximum atomic E-state index is 12.4. The molecule has 0 aliphatic heterocycles. The number of hydrogen-bond acceptors (Lipinski definition) is 7. The monoisotopic (exact) mass is 566 g/mol. The zero-order valence-corrected chi connectivity index (χ0v) is 24.9. The van der Waals surface area contributed by atoms with Crippen LogP contribution in [0.4, 0.5) is 17.1 Å².